The van der Waals surface area contributed by atoms with Crippen molar-refractivity contribution in [1.82, 2.24) is 15.5 Å². The second kappa shape index (κ2) is 8.45. The number of hydrogen-bond donors (Lipinski definition) is 1. The Bertz CT molecular complexity index is 655. The molecule has 7 heteroatoms. The summed E-state index contributed by atoms with van der Waals surface area (Å²) in [4.78, 5) is 12.5. The largest absolute Gasteiger partial charge is 0.350 e. The maximum Gasteiger partial charge on any atom is 0.230 e. The van der Waals surface area contributed by atoms with Crippen molar-refractivity contribution in [2.45, 2.75) is 48.4 Å². The lowest BCUT2D eigenvalue weighted by atomic mass is 9.77. The van der Waals surface area contributed by atoms with Crippen molar-refractivity contribution in [3.05, 3.63) is 39.8 Å². The number of carbonyl (C=O) groups excluding carboxylic acids is 1. The van der Waals surface area contributed by atoms with Gasteiger partial charge in [0.05, 0.1) is 5.75 Å². The van der Waals surface area contributed by atoms with Crippen LogP contribution in [-0.4, -0.2) is 27.4 Å². The lowest BCUT2D eigenvalue weighted by Crippen LogP contribution is -2.52. The Morgan fingerprint density at radius 3 is 2.67 bits per heavy atom. The predicted molar refractivity (Wildman–Crippen MR) is 102 cm³/mol. The van der Waals surface area contributed by atoms with E-state index in [1.54, 1.807) is 5.51 Å². The molecule has 1 aromatic carbocycles. The summed E-state index contributed by atoms with van der Waals surface area (Å²) in [7, 11) is 0. The first kappa shape index (κ1) is 17.9. The number of halogens is 1. The number of carbonyl (C=O) groups is 1. The molecule has 1 N–H and O–H groups in total. The van der Waals surface area contributed by atoms with Crippen LogP contribution in [-0.2, 0) is 11.2 Å². The summed E-state index contributed by atoms with van der Waals surface area (Å²) in [6, 6.07) is 8.42. The molecule has 1 heterocycles. The molecule has 24 heavy (non-hydrogen) atoms. The first-order chi connectivity index (χ1) is 11.7. The van der Waals surface area contributed by atoms with E-state index in [4.69, 9.17) is 0 Å². The predicted octanol–water partition coefficient (Wildman–Crippen LogP) is 4.45. The molecule has 128 valence electrons. The smallest absolute Gasteiger partial charge is 0.230 e. The number of thioether (sulfide) groups is 1. The molecular weight excluding hydrogens is 406 g/mol. The van der Waals surface area contributed by atoms with E-state index < -0.39 is 0 Å². The van der Waals surface area contributed by atoms with Gasteiger partial charge in [-0.25, -0.2) is 0 Å². The molecular formula is C17H20BrN3OS2. The van der Waals surface area contributed by atoms with Crippen molar-refractivity contribution in [3.8, 4) is 0 Å². The van der Waals surface area contributed by atoms with Gasteiger partial charge in [-0.3, -0.25) is 4.79 Å². The lowest BCUT2D eigenvalue weighted by molar-refractivity contribution is -0.120. The summed E-state index contributed by atoms with van der Waals surface area (Å²) in [6.45, 7) is 0. The van der Waals surface area contributed by atoms with E-state index in [2.05, 4.69) is 55.7 Å². The molecule has 1 aromatic heterocycles. The molecule has 0 radical (unpaired) electrons. The van der Waals surface area contributed by atoms with Crippen LogP contribution in [0.25, 0.3) is 0 Å². The van der Waals surface area contributed by atoms with Crippen LogP contribution < -0.4 is 5.32 Å². The van der Waals surface area contributed by atoms with Gasteiger partial charge < -0.3 is 5.32 Å². The molecule has 2 aromatic rings. The first-order valence-corrected chi connectivity index (χ1v) is 10.8. The molecule has 0 bridgehead atoms. The zero-order valence-electron chi connectivity index (χ0n) is 13.3. The van der Waals surface area contributed by atoms with E-state index in [1.165, 1.54) is 47.9 Å². The van der Waals surface area contributed by atoms with E-state index >= 15 is 0 Å². The van der Waals surface area contributed by atoms with E-state index in [9.17, 15) is 4.79 Å². The highest BCUT2D eigenvalue weighted by atomic mass is 79.9. The number of aromatic nitrogens is 2. The fourth-order valence-electron chi connectivity index (χ4n) is 3.25. The van der Waals surface area contributed by atoms with Gasteiger partial charge in [0.2, 0.25) is 5.91 Å². The summed E-state index contributed by atoms with van der Waals surface area (Å²) in [5.74, 6) is 0.492. The SMILES string of the molecule is O=C(CSc1nncs1)NC1(Cc2ccc(Br)cc2)CCCCC1. The molecule has 0 saturated heterocycles. The minimum absolute atomic E-state index is 0.0919. The standard InChI is InChI=1S/C17H20BrN3OS2/c18-14-6-4-13(5-7-14)10-17(8-2-1-3-9-17)20-15(22)11-23-16-21-19-12-24-16/h4-7,12H,1-3,8-11H2,(H,20,22). The maximum absolute atomic E-state index is 12.5. The topological polar surface area (TPSA) is 54.9 Å². The molecule has 1 saturated carbocycles. The van der Waals surface area contributed by atoms with Crippen LogP contribution in [0.2, 0.25) is 0 Å². The third kappa shape index (κ3) is 5.04. The highest BCUT2D eigenvalue weighted by Gasteiger charge is 2.33. The summed E-state index contributed by atoms with van der Waals surface area (Å²) < 4.78 is 1.93. The van der Waals surface area contributed by atoms with Crippen molar-refractivity contribution in [2.75, 3.05) is 5.75 Å². The van der Waals surface area contributed by atoms with Gasteiger partial charge in [-0.05, 0) is 37.0 Å². The Morgan fingerprint density at radius 2 is 2.00 bits per heavy atom. The average Bonchev–Trinajstić information content (AvgIpc) is 3.09. The van der Waals surface area contributed by atoms with Crippen LogP contribution in [0.3, 0.4) is 0 Å². The fourth-order valence-corrected chi connectivity index (χ4v) is 4.81. The number of hydrogen-bond acceptors (Lipinski definition) is 5. The highest BCUT2D eigenvalue weighted by Crippen LogP contribution is 2.32. The van der Waals surface area contributed by atoms with Crippen molar-refractivity contribution in [1.29, 1.82) is 0 Å². The van der Waals surface area contributed by atoms with E-state index in [1.807, 2.05) is 0 Å². The maximum atomic E-state index is 12.5. The molecule has 1 aliphatic carbocycles. The van der Waals surface area contributed by atoms with Gasteiger partial charge in [0.15, 0.2) is 4.34 Å². The minimum Gasteiger partial charge on any atom is -0.350 e. The number of rotatable bonds is 6. The van der Waals surface area contributed by atoms with Crippen molar-refractivity contribution in [3.63, 3.8) is 0 Å². The van der Waals surface area contributed by atoms with E-state index in [0.717, 1.165) is 28.1 Å². The Labute approximate surface area is 159 Å². The quantitative estimate of drug-likeness (QED) is 0.694. The molecule has 0 spiro atoms. The van der Waals surface area contributed by atoms with Gasteiger partial charge in [0.25, 0.3) is 0 Å². The number of amides is 1. The Kier molecular flexibility index (Phi) is 6.30. The molecule has 1 amide bonds. The normalized spacial score (nSPS) is 16.7. The van der Waals surface area contributed by atoms with Gasteiger partial charge in [-0.2, -0.15) is 0 Å². The Hall–Kier alpha value is -0.920. The monoisotopic (exact) mass is 425 g/mol. The van der Waals surface area contributed by atoms with Crippen LogP contribution in [0.15, 0.2) is 38.6 Å². The molecule has 4 nitrogen and oxygen atoms in total. The van der Waals surface area contributed by atoms with E-state index in [0.29, 0.717) is 5.75 Å². The average molecular weight is 426 g/mol. The number of nitrogens with zero attached hydrogens (tertiary/aromatic N) is 2. The number of benzene rings is 1. The lowest BCUT2D eigenvalue weighted by Gasteiger charge is -2.38. The second-order valence-electron chi connectivity index (χ2n) is 6.19. The van der Waals surface area contributed by atoms with Gasteiger partial charge in [0, 0.05) is 10.0 Å². The molecule has 0 atom stereocenters. The van der Waals surface area contributed by atoms with Crippen LogP contribution in [0.5, 0.6) is 0 Å². The van der Waals surface area contributed by atoms with Crippen LogP contribution in [0, 0.1) is 0 Å². The fraction of sp³-hybridized carbons (Fsp3) is 0.471. The zero-order valence-corrected chi connectivity index (χ0v) is 16.6. The number of nitrogens with one attached hydrogen (secondary N) is 1. The van der Waals surface area contributed by atoms with Gasteiger partial charge in [0.1, 0.15) is 5.51 Å². The second-order valence-corrected chi connectivity index (χ2v) is 9.16. The van der Waals surface area contributed by atoms with E-state index in [-0.39, 0.29) is 11.4 Å². The van der Waals surface area contributed by atoms with Gasteiger partial charge >= 0.3 is 0 Å². The summed E-state index contributed by atoms with van der Waals surface area (Å²) >= 11 is 6.41. The molecule has 0 unspecified atom stereocenters. The molecule has 0 aliphatic heterocycles. The van der Waals surface area contributed by atoms with Crippen LogP contribution in [0.4, 0.5) is 0 Å². The third-order valence-corrected chi connectivity index (χ3v) is 6.73. The highest BCUT2D eigenvalue weighted by molar-refractivity contribution is 9.10. The van der Waals surface area contributed by atoms with Crippen molar-refractivity contribution >= 4 is 44.9 Å². The first-order valence-electron chi connectivity index (χ1n) is 8.10. The van der Waals surface area contributed by atoms with Crippen LogP contribution in [0.1, 0.15) is 37.7 Å². The summed E-state index contributed by atoms with van der Waals surface area (Å²) in [5, 5.41) is 11.1. The minimum atomic E-state index is -0.106. The Morgan fingerprint density at radius 1 is 1.25 bits per heavy atom. The zero-order chi connectivity index (χ0) is 16.8. The summed E-state index contributed by atoms with van der Waals surface area (Å²) in [6.07, 6.45) is 6.63. The van der Waals surface area contributed by atoms with Gasteiger partial charge in [-0.1, -0.05) is 70.4 Å². The van der Waals surface area contributed by atoms with Crippen molar-refractivity contribution < 1.29 is 4.79 Å². The van der Waals surface area contributed by atoms with Crippen molar-refractivity contribution in [2.24, 2.45) is 0 Å². The molecule has 1 aliphatic rings. The van der Waals surface area contributed by atoms with Crippen LogP contribution >= 0.6 is 39.0 Å². The Balaban J connectivity index is 1.63. The summed E-state index contributed by atoms with van der Waals surface area (Å²) in [5.41, 5.74) is 2.86. The third-order valence-electron chi connectivity index (χ3n) is 4.34. The molecule has 3 rings (SSSR count). The van der Waals surface area contributed by atoms with Gasteiger partial charge in [-0.15, -0.1) is 10.2 Å². The molecule has 1 fully saturated rings.